The zero-order chi connectivity index (χ0) is 22.4. The van der Waals surface area contributed by atoms with Crippen molar-refractivity contribution in [2.45, 2.75) is 17.9 Å². The first-order chi connectivity index (χ1) is 14.8. The number of carbonyl (C=O) groups excluding carboxylic acids is 2. The summed E-state index contributed by atoms with van der Waals surface area (Å²) in [6.07, 6.45) is -0.717. The van der Waals surface area contributed by atoms with Crippen LogP contribution in [-0.2, 0) is 24.3 Å². The minimum Gasteiger partial charge on any atom is -0.481 e. The Labute approximate surface area is 181 Å². The van der Waals surface area contributed by atoms with Crippen LogP contribution in [0.5, 0.6) is 5.75 Å². The molecule has 31 heavy (non-hydrogen) atoms. The number of sulfonamides is 1. The molecule has 1 atom stereocenters. The topological polar surface area (TPSA) is 111 Å². The number of nitrogens with zero attached hydrogens (tertiary/aromatic N) is 1. The fourth-order valence-corrected chi connectivity index (χ4v) is 4.14. The number of morpholine rings is 1. The number of rotatable bonds is 7. The Balaban J connectivity index is 1.69. The van der Waals surface area contributed by atoms with Crippen molar-refractivity contribution in [2.24, 2.45) is 0 Å². The quantitative estimate of drug-likeness (QED) is 0.644. The van der Waals surface area contributed by atoms with E-state index in [1.165, 1.54) is 43.5 Å². The number of esters is 1. The van der Waals surface area contributed by atoms with Gasteiger partial charge in [0, 0.05) is 13.1 Å². The Morgan fingerprint density at radius 1 is 1.06 bits per heavy atom. The molecule has 0 radical (unpaired) electrons. The lowest BCUT2D eigenvalue weighted by Crippen LogP contribution is -2.46. The van der Waals surface area contributed by atoms with E-state index in [4.69, 9.17) is 9.47 Å². The molecule has 0 bridgehead atoms. The maximum Gasteiger partial charge on any atom is 0.339 e. The van der Waals surface area contributed by atoms with Gasteiger partial charge in [0.15, 0.2) is 6.10 Å². The van der Waals surface area contributed by atoms with Crippen molar-refractivity contribution in [3.63, 3.8) is 0 Å². The molecule has 0 spiro atoms. The monoisotopic (exact) mass is 448 g/mol. The van der Waals surface area contributed by atoms with E-state index in [1.807, 2.05) is 0 Å². The number of anilines is 1. The van der Waals surface area contributed by atoms with Gasteiger partial charge in [-0.05, 0) is 43.3 Å². The van der Waals surface area contributed by atoms with E-state index in [1.54, 1.807) is 24.0 Å². The van der Waals surface area contributed by atoms with Gasteiger partial charge >= 0.3 is 5.97 Å². The summed E-state index contributed by atoms with van der Waals surface area (Å²) in [5, 5.41) is 0. The minimum absolute atomic E-state index is 0.0216. The van der Waals surface area contributed by atoms with Crippen LogP contribution in [0.1, 0.15) is 17.3 Å². The molecule has 0 aromatic heterocycles. The van der Waals surface area contributed by atoms with Crippen LogP contribution in [0.3, 0.4) is 0 Å². The van der Waals surface area contributed by atoms with Gasteiger partial charge in [0.25, 0.3) is 15.9 Å². The summed E-state index contributed by atoms with van der Waals surface area (Å²) in [6.45, 7) is 3.67. The molecular weight excluding hydrogens is 424 g/mol. The van der Waals surface area contributed by atoms with Crippen LogP contribution in [0, 0.1) is 0 Å². The summed E-state index contributed by atoms with van der Waals surface area (Å²) in [7, 11) is -2.74. The number of hydrogen-bond donors (Lipinski definition) is 1. The first kappa shape index (κ1) is 22.6. The van der Waals surface area contributed by atoms with Crippen LogP contribution < -0.4 is 9.46 Å². The van der Waals surface area contributed by atoms with E-state index in [9.17, 15) is 18.0 Å². The minimum atomic E-state index is -3.96. The molecule has 1 N–H and O–H groups in total. The maximum atomic E-state index is 12.7. The van der Waals surface area contributed by atoms with Gasteiger partial charge in [-0.1, -0.05) is 12.1 Å². The Kier molecular flexibility index (Phi) is 7.13. The summed E-state index contributed by atoms with van der Waals surface area (Å²) in [6, 6.07) is 11.8. The van der Waals surface area contributed by atoms with E-state index >= 15 is 0 Å². The summed E-state index contributed by atoms with van der Waals surface area (Å²) in [5.74, 6) is -0.440. The van der Waals surface area contributed by atoms with Crippen LogP contribution in [-0.4, -0.2) is 64.7 Å². The van der Waals surface area contributed by atoms with Crippen molar-refractivity contribution in [1.29, 1.82) is 0 Å². The van der Waals surface area contributed by atoms with E-state index in [0.717, 1.165) is 0 Å². The molecule has 1 fully saturated rings. The number of para-hydroxylation sites is 1. The molecule has 1 aliphatic heterocycles. The van der Waals surface area contributed by atoms with Crippen LogP contribution in [0.4, 0.5) is 5.69 Å². The average molecular weight is 448 g/mol. The third-order valence-electron chi connectivity index (χ3n) is 4.69. The Hall–Kier alpha value is -3.11. The van der Waals surface area contributed by atoms with Gasteiger partial charge in [-0.2, -0.15) is 0 Å². The lowest BCUT2D eigenvalue weighted by atomic mass is 10.2. The highest BCUT2D eigenvalue weighted by Crippen LogP contribution is 2.23. The summed E-state index contributed by atoms with van der Waals surface area (Å²) in [5.41, 5.74) is 0.211. The summed E-state index contributed by atoms with van der Waals surface area (Å²) >= 11 is 0. The van der Waals surface area contributed by atoms with Crippen molar-refractivity contribution in [1.82, 2.24) is 4.90 Å². The fraction of sp³-hybridized carbons (Fsp3) is 0.333. The third-order valence-corrected chi connectivity index (χ3v) is 6.08. The lowest BCUT2D eigenvalue weighted by molar-refractivity contribution is -0.142. The normalized spacial score (nSPS) is 15.1. The zero-order valence-corrected chi connectivity index (χ0v) is 18.1. The van der Waals surface area contributed by atoms with Crippen LogP contribution >= 0.6 is 0 Å². The molecule has 0 saturated carbocycles. The third kappa shape index (κ3) is 5.53. The molecule has 0 unspecified atom stereocenters. The van der Waals surface area contributed by atoms with Crippen molar-refractivity contribution >= 4 is 27.6 Å². The number of benzene rings is 2. The second kappa shape index (κ2) is 9.80. The van der Waals surface area contributed by atoms with Gasteiger partial charge in [-0.3, -0.25) is 9.52 Å². The summed E-state index contributed by atoms with van der Waals surface area (Å²) < 4.78 is 43.5. The number of hydrogen-bond acceptors (Lipinski definition) is 7. The molecule has 1 saturated heterocycles. The fourth-order valence-electron chi connectivity index (χ4n) is 3.06. The Bertz CT molecular complexity index is 1030. The van der Waals surface area contributed by atoms with E-state index in [0.29, 0.717) is 32.1 Å². The molecule has 9 nitrogen and oxygen atoms in total. The maximum absolute atomic E-state index is 12.7. The Morgan fingerprint density at radius 3 is 2.35 bits per heavy atom. The largest absolute Gasteiger partial charge is 0.481 e. The van der Waals surface area contributed by atoms with E-state index in [2.05, 4.69) is 9.46 Å². The molecule has 2 aromatic rings. The highest BCUT2D eigenvalue weighted by molar-refractivity contribution is 7.92. The second-order valence-electron chi connectivity index (χ2n) is 6.81. The first-order valence-corrected chi connectivity index (χ1v) is 11.1. The van der Waals surface area contributed by atoms with Crippen molar-refractivity contribution in [3.8, 4) is 5.75 Å². The number of ether oxygens (including phenoxy) is 3. The van der Waals surface area contributed by atoms with Gasteiger partial charge in [0.05, 0.1) is 36.5 Å². The first-order valence-electron chi connectivity index (χ1n) is 9.65. The molecule has 1 amide bonds. The molecule has 2 aromatic carbocycles. The molecule has 0 aliphatic carbocycles. The van der Waals surface area contributed by atoms with Crippen LogP contribution in [0.25, 0.3) is 0 Å². The second-order valence-corrected chi connectivity index (χ2v) is 8.49. The van der Waals surface area contributed by atoms with Gasteiger partial charge in [0.2, 0.25) is 0 Å². The molecule has 1 heterocycles. The molecule has 166 valence electrons. The smallest absolute Gasteiger partial charge is 0.339 e. The van der Waals surface area contributed by atoms with Crippen molar-refractivity contribution in [2.75, 3.05) is 38.1 Å². The highest BCUT2D eigenvalue weighted by Gasteiger charge is 2.24. The van der Waals surface area contributed by atoms with Gasteiger partial charge < -0.3 is 19.1 Å². The van der Waals surface area contributed by atoms with Gasteiger partial charge in [-0.25, -0.2) is 13.2 Å². The number of nitrogens with one attached hydrogen (secondary N) is 1. The number of amides is 1. The van der Waals surface area contributed by atoms with Crippen LogP contribution in [0.2, 0.25) is 0 Å². The number of methoxy groups -OCH3 is 1. The molecule has 3 rings (SSSR count). The predicted octanol–water partition coefficient (Wildman–Crippen LogP) is 1.90. The lowest BCUT2D eigenvalue weighted by Gasteiger charge is -2.29. The van der Waals surface area contributed by atoms with Crippen LogP contribution in [0.15, 0.2) is 53.4 Å². The van der Waals surface area contributed by atoms with Gasteiger partial charge in [0.1, 0.15) is 5.75 Å². The summed E-state index contributed by atoms with van der Waals surface area (Å²) in [4.78, 5) is 26.0. The highest BCUT2D eigenvalue weighted by atomic mass is 32.2. The zero-order valence-electron chi connectivity index (χ0n) is 17.2. The molecule has 10 heteroatoms. The molecule has 1 aliphatic rings. The number of carbonyl (C=O) groups is 2. The van der Waals surface area contributed by atoms with E-state index < -0.39 is 22.1 Å². The Morgan fingerprint density at radius 2 is 1.71 bits per heavy atom. The van der Waals surface area contributed by atoms with Gasteiger partial charge in [-0.15, -0.1) is 0 Å². The van der Waals surface area contributed by atoms with Crippen molar-refractivity contribution < 1.29 is 32.2 Å². The predicted molar refractivity (Wildman–Crippen MR) is 113 cm³/mol. The average Bonchev–Trinajstić information content (AvgIpc) is 2.79. The van der Waals surface area contributed by atoms with Crippen molar-refractivity contribution in [3.05, 3.63) is 54.1 Å². The van der Waals surface area contributed by atoms with E-state index in [-0.39, 0.29) is 22.1 Å². The molecular formula is C21H24N2O7S. The standard InChI is InChI=1S/C21H24N2O7S/c1-15(20(24)23-11-13-29-14-12-23)30-16-7-9-17(10-8-16)31(26,27)22-19-6-4-3-5-18(19)21(25)28-2/h3-10,15,22H,11-14H2,1-2H3/t15-/m1/s1. The SMILES string of the molecule is COC(=O)c1ccccc1NS(=O)(=O)c1ccc(O[C@H](C)C(=O)N2CCOCC2)cc1.